The van der Waals surface area contributed by atoms with Gasteiger partial charge >= 0.3 is 0 Å². The molecule has 0 aliphatic carbocycles. The highest BCUT2D eigenvalue weighted by Gasteiger charge is 1.99. The van der Waals surface area contributed by atoms with E-state index in [9.17, 15) is 0 Å². The number of pyridine rings is 2. The molecule has 0 spiro atoms. The first-order valence-corrected chi connectivity index (χ1v) is 7.42. The summed E-state index contributed by atoms with van der Waals surface area (Å²) in [6.07, 6.45) is 4.39. The summed E-state index contributed by atoms with van der Waals surface area (Å²) in [5.74, 6) is 1.46. The van der Waals surface area contributed by atoms with Crippen LogP contribution >= 0.6 is 0 Å². The summed E-state index contributed by atoms with van der Waals surface area (Å²) in [7, 11) is 0. The monoisotopic (exact) mass is 285 g/mol. The fraction of sp³-hybridized carbons (Fsp3) is 0.412. The molecule has 0 saturated carbocycles. The molecule has 21 heavy (non-hydrogen) atoms. The zero-order valence-electron chi connectivity index (χ0n) is 12.7. The average Bonchev–Trinajstić information content (AvgIpc) is 2.50. The Hall–Kier alpha value is -1.94. The molecule has 112 valence electrons. The Balaban J connectivity index is 1.72. The van der Waals surface area contributed by atoms with Crippen molar-refractivity contribution in [3.63, 3.8) is 0 Å². The van der Waals surface area contributed by atoms with Gasteiger partial charge in [-0.2, -0.15) is 0 Å². The largest absolute Gasteiger partial charge is 0.492 e. The van der Waals surface area contributed by atoms with Crippen molar-refractivity contribution in [2.45, 2.75) is 26.8 Å². The third-order valence-corrected chi connectivity index (χ3v) is 3.01. The predicted molar refractivity (Wildman–Crippen MR) is 84.2 cm³/mol. The van der Waals surface area contributed by atoms with Gasteiger partial charge in [0.1, 0.15) is 5.75 Å². The summed E-state index contributed by atoms with van der Waals surface area (Å²) >= 11 is 0. The van der Waals surface area contributed by atoms with Crippen LogP contribution in [0.15, 0.2) is 42.7 Å². The fourth-order valence-corrected chi connectivity index (χ4v) is 1.91. The van der Waals surface area contributed by atoms with Crippen LogP contribution in [0.1, 0.15) is 25.2 Å². The third-order valence-electron chi connectivity index (χ3n) is 3.01. The van der Waals surface area contributed by atoms with Gasteiger partial charge < -0.3 is 10.1 Å². The molecule has 0 aliphatic rings. The fourth-order valence-electron chi connectivity index (χ4n) is 1.91. The Morgan fingerprint density at radius 1 is 1.10 bits per heavy atom. The summed E-state index contributed by atoms with van der Waals surface area (Å²) in [5.41, 5.74) is 2.08. The first-order valence-electron chi connectivity index (χ1n) is 7.42. The zero-order valence-corrected chi connectivity index (χ0v) is 12.7. The van der Waals surface area contributed by atoms with Gasteiger partial charge in [-0.25, -0.2) is 0 Å². The van der Waals surface area contributed by atoms with Crippen LogP contribution in [0.2, 0.25) is 0 Å². The highest BCUT2D eigenvalue weighted by atomic mass is 16.5. The summed E-state index contributed by atoms with van der Waals surface area (Å²) in [5, 5.41) is 3.37. The second kappa shape index (κ2) is 8.37. The van der Waals surface area contributed by atoms with Gasteiger partial charge in [-0.3, -0.25) is 9.97 Å². The van der Waals surface area contributed by atoms with Crippen LogP contribution in [0.4, 0.5) is 0 Å². The van der Waals surface area contributed by atoms with Crippen molar-refractivity contribution in [1.29, 1.82) is 0 Å². The SMILES string of the molecule is CC(C)CNCc1ccc(OCCc2ccccn2)cn1. The molecule has 0 radical (unpaired) electrons. The minimum Gasteiger partial charge on any atom is -0.492 e. The first-order chi connectivity index (χ1) is 10.2. The standard InChI is InChI=1S/C17H23N3O/c1-14(2)11-18-12-16-6-7-17(13-20-16)21-10-8-15-5-3-4-9-19-15/h3-7,9,13-14,18H,8,10-12H2,1-2H3. The highest BCUT2D eigenvalue weighted by Crippen LogP contribution is 2.09. The number of ether oxygens (including phenoxy) is 1. The minimum atomic E-state index is 0.615. The van der Waals surface area contributed by atoms with Crippen LogP contribution in [0.25, 0.3) is 0 Å². The van der Waals surface area contributed by atoms with Crippen LogP contribution in [0.5, 0.6) is 5.75 Å². The summed E-state index contributed by atoms with van der Waals surface area (Å²) in [4.78, 5) is 8.67. The van der Waals surface area contributed by atoms with Gasteiger partial charge in [0.25, 0.3) is 0 Å². The van der Waals surface area contributed by atoms with E-state index in [1.807, 2.05) is 30.3 Å². The maximum absolute atomic E-state index is 5.68. The third kappa shape index (κ3) is 5.92. The molecule has 2 aromatic rings. The molecular formula is C17H23N3O. The van der Waals surface area contributed by atoms with E-state index < -0.39 is 0 Å². The van der Waals surface area contributed by atoms with Gasteiger partial charge in [0, 0.05) is 24.9 Å². The van der Waals surface area contributed by atoms with Crippen molar-refractivity contribution >= 4 is 0 Å². The second-order valence-corrected chi connectivity index (χ2v) is 5.43. The molecule has 0 amide bonds. The molecule has 0 aromatic carbocycles. The number of hydrogen-bond donors (Lipinski definition) is 1. The van der Waals surface area contributed by atoms with Crippen LogP contribution in [0.3, 0.4) is 0 Å². The van der Waals surface area contributed by atoms with Crippen molar-refractivity contribution in [1.82, 2.24) is 15.3 Å². The predicted octanol–water partition coefficient (Wildman–Crippen LogP) is 2.84. The molecule has 0 unspecified atom stereocenters. The lowest BCUT2D eigenvalue weighted by Crippen LogP contribution is -2.19. The quantitative estimate of drug-likeness (QED) is 0.810. The molecule has 1 N–H and O–H groups in total. The lowest BCUT2D eigenvalue weighted by atomic mass is 10.2. The first kappa shape index (κ1) is 15.4. The number of rotatable bonds is 8. The smallest absolute Gasteiger partial charge is 0.137 e. The van der Waals surface area contributed by atoms with Gasteiger partial charge in [0.2, 0.25) is 0 Å². The van der Waals surface area contributed by atoms with E-state index in [0.717, 1.165) is 36.6 Å². The van der Waals surface area contributed by atoms with Crippen LogP contribution in [0, 0.1) is 5.92 Å². The van der Waals surface area contributed by atoms with E-state index in [2.05, 4.69) is 29.1 Å². The molecule has 2 heterocycles. The lowest BCUT2D eigenvalue weighted by Gasteiger charge is -2.08. The molecule has 4 heteroatoms. The number of nitrogens with one attached hydrogen (secondary N) is 1. The summed E-state index contributed by atoms with van der Waals surface area (Å²) in [6.45, 7) is 6.80. The molecule has 0 saturated heterocycles. The van der Waals surface area contributed by atoms with E-state index in [-0.39, 0.29) is 0 Å². The summed E-state index contributed by atoms with van der Waals surface area (Å²) in [6, 6.07) is 9.88. The zero-order chi connectivity index (χ0) is 14.9. The van der Waals surface area contributed by atoms with E-state index in [0.29, 0.717) is 12.5 Å². The summed E-state index contributed by atoms with van der Waals surface area (Å²) < 4.78 is 5.68. The molecule has 0 aliphatic heterocycles. The lowest BCUT2D eigenvalue weighted by molar-refractivity contribution is 0.319. The van der Waals surface area contributed by atoms with E-state index in [1.54, 1.807) is 12.4 Å². The van der Waals surface area contributed by atoms with Crippen molar-refractivity contribution in [3.8, 4) is 5.75 Å². The molecule has 2 rings (SSSR count). The molecule has 0 atom stereocenters. The average molecular weight is 285 g/mol. The number of nitrogens with zero attached hydrogens (tertiary/aromatic N) is 2. The Bertz CT molecular complexity index is 511. The normalized spacial score (nSPS) is 10.8. The van der Waals surface area contributed by atoms with Crippen molar-refractivity contribution < 1.29 is 4.74 Å². The Morgan fingerprint density at radius 3 is 2.67 bits per heavy atom. The van der Waals surface area contributed by atoms with E-state index in [4.69, 9.17) is 4.74 Å². The minimum absolute atomic E-state index is 0.615. The number of aromatic nitrogens is 2. The Labute approximate surface area is 126 Å². The van der Waals surface area contributed by atoms with E-state index in [1.165, 1.54) is 0 Å². The maximum Gasteiger partial charge on any atom is 0.137 e. The van der Waals surface area contributed by atoms with Gasteiger partial charge in [-0.05, 0) is 36.7 Å². The Kier molecular flexibility index (Phi) is 6.16. The topological polar surface area (TPSA) is 47.0 Å². The van der Waals surface area contributed by atoms with Gasteiger partial charge in [-0.15, -0.1) is 0 Å². The number of hydrogen-bond acceptors (Lipinski definition) is 4. The highest BCUT2D eigenvalue weighted by molar-refractivity contribution is 5.20. The van der Waals surface area contributed by atoms with Crippen LogP contribution in [-0.2, 0) is 13.0 Å². The molecule has 0 bridgehead atoms. The molecule has 4 nitrogen and oxygen atoms in total. The van der Waals surface area contributed by atoms with Gasteiger partial charge in [0.05, 0.1) is 18.5 Å². The van der Waals surface area contributed by atoms with Crippen molar-refractivity contribution in [2.75, 3.05) is 13.2 Å². The van der Waals surface area contributed by atoms with Crippen molar-refractivity contribution in [3.05, 3.63) is 54.1 Å². The van der Waals surface area contributed by atoms with Crippen molar-refractivity contribution in [2.24, 2.45) is 5.92 Å². The van der Waals surface area contributed by atoms with Crippen LogP contribution < -0.4 is 10.1 Å². The molecule has 0 fully saturated rings. The Morgan fingerprint density at radius 2 is 2.00 bits per heavy atom. The van der Waals surface area contributed by atoms with Gasteiger partial charge in [0.15, 0.2) is 0 Å². The maximum atomic E-state index is 5.68. The second-order valence-electron chi connectivity index (χ2n) is 5.43. The molecular weight excluding hydrogens is 262 g/mol. The van der Waals surface area contributed by atoms with E-state index >= 15 is 0 Å². The van der Waals surface area contributed by atoms with Gasteiger partial charge in [-0.1, -0.05) is 19.9 Å². The van der Waals surface area contributed by atoms with Crippen LogP contribution in [-0.4, -0.2) is 23.1 Å². The molecule has 2 aromatic heterocycles.